The van der Waals surface area contributed by atoms with Gasteiger partial charge in [0.1, 0.15) is 6.04 Å². The normalized spacial score (nSPS) is 14.4. The molecule has 7 nitrogen and oxygen atoms in total. The monoisotopic (exact) mass is 438 g/mol. The largest absolute Gasteiger partial charge is 0.454 e. The highest BCUT2D eigenvalue weighted by atomic mass is 35.5. The van der Waals surface area contributed by atoms with Gasteiger partial charge in [0.25, 0.3) is 0 Å². The predicted molar refractivity (Wildman–Crippen MR) is 109 cm³/mol. The summed E-state index contributed by atoms with van der Waals surface area (Å²) in [4.78, 5) is 12.3. The molecule has 1 amide bonds. The molecule has 2 aromatic carbocycles. The van der Waals surface area contributed by atoms with Crippen LogP contribution < -0.4 is 15.2 Å². The molecule has 3 rings (SSSR count). The van der Waals surface area contributed by atoms with Crippen molar-refractivity contribution >= 4 is 27.5 Å². The summed E-state index contributed by atoms with van der Waals surface area (Å²) in [7, 11) is -4.02. The zero-order valence-corrected chi connectivity index (χ0v) is 17.7. The van der Waals surface area contributed by atoms with Crippen molar-refractivity contribution in [2.75, 3.05) is 6.79 Å². The molecule has 9 heteroatoms. The van der Waals surface area contributed by atoms with Gasteiger partial charge >= 0.3 is 0 Å². The van der Waals surface area contributed by atoms with Gasteiger partial charge in [0.15, 0.2) is 11.5 Å². The number of sulfonamides is 1. The van der Waals surface area contributed by atoms with Gasteiger partial charge in [0, 0.05) is 11.6 Å². The molecule has 2 N–H and O–H groups in total. The maximum Gasteiger partial charge on any atom is 0.244 e. The van der Waals surface area contributed by atoms with Gasteiger partial charge in [-0.05, 0) is 54.3 Å². The van der Waals surface area contributed by atoms with Crippen molar-refractivity contribution in [2.45, 2.75) is 37.8 Å². The van der Waals surface area contributed by atoms with Gasteiger partial charge in [0.05, 0.1) is 4.90 Å². The van der Waals surface area contributed by atoms with Crippen LogP contribution in [0.25, 0.3) is 0 Å². The molecule has 1 aliphatic rings. The Morgan fingerprint density at radius 3 is 2.41 bits per heavy atom. The Morgan fingerprint density at radius 2 is 1.79 bits per heavy atom. The SMILES string of the molecule is CC(C)C[C@H](C(N)=O)N(Cc1ccc2c(c1)OCO2)S(=O)(=O)c1ccc(Cl)cc1. The Hall–Kier alpha value is -2.29. The summed E-state index contributed by atoms with van der Waals surface area (Å²) < 4.78 is 38.7. The molecule has 0 saturated carbocycles. The van der Waals surface area contributed by atoms with Crippen molar-refractivity contribution in [3.63, 3.8) is 0 Å². The number of hydrogen-bond acceptors (Lipinski definition) is 5. The molecule has 29 heavy (non-hydrogen) atoms. The summed E-state index contributed by atoms with van der Waals surface area (Å²) in [6.07, 6.45) is 0.298. The third-order valence-electron chi connectivity index (χ3n) is 4.57. The van der Waals surface area contributed by atoms with Crippen LogP contribution in [0, 0.1) is 5.92 Å². The fourth-order valence-electron chi connectivity index (χ4n) is 3.15. The van der Waals surface area contributed by atoms with Crippen molar-refractivity contribution in [1.82, 2.24) is 4.31 Å². The number of benzene rings is 2. The van der Waals surface area contributed by atoms with E-state index in [1.807, 2.05) is 13.8 Å². The van der Waals surface area contributed by atoms with Crippen LogP contribution in [0.15, 0.2) is 47.4 Å². The van der Waals surface area contributed by atoms with Crippen molar-refractivity contribution in [3.8, 4) is 11.5 Å². The number of amides is 1. The van der Waals surface area contributed by atoms with Crippen LogP contribution in [-0.2, 0) is 21.4 Å². The summed E-state index contributed by atoms with van der Waals surface area (Å²) in [6, 6.07) is 9.98. The lowest BCUT2D eigenvalue weighted by Gasteiger charge is -2.30. The van der Waals surface area contributed by atoms with Crippen molar-refractivity contribution in [3.05, 3.63) is 53.1 Å². The zero-order chi connectivity index (χ0) is 21.2. The minimum atomic E-state index is -4.02. The number of fused-ring (bicyclic) bond motifs is 1. The van der Waals surface area contributed by atoms with Gasteiger partial charge in [-0.1, -0.05) is 31.5 Å². The molecule has 1 heterocycles. The molecule has 1 atom stereocenters. The fourth-order valence-corrected chi connectivity index (χ4v) is 4.87. The van der Waals surface area contributed by atoms with Crippen LogP contribution in [0.3, 0.4) is 0 Å². The first kappa shape index (κ1) is 21.4. The van der Waals surface area contributed by atoms with E-state index in [4.69, 9.17) is 26.8 Å². The van der Waals surface area contributed by atoms with Crippen LogP contribution in [0.4, 0.5) is 0 Å². The van der Waals surface area contributed by atoms with Gasteiger partial charge in [0.2, 0.25) is 22.7 Å². The molecular weight excluding hydrogens is 416 g/mol. The van der Waals surface area contributed by atoms with Crippen molar-refractivity contribution in [2.24, 2.45) is 11.7 Å². The quantitative estimate of drug-likeness (QED) is 0.682. The zero-order valence-electron chi connectivity index (χ0n) is 16.2. The van der Waals surface area contributed by atoms with Gasteiger partial charge in [-0.3, -0.25) is 4.79 Å². The number of hydrogen-bond donors (Lipinski definition) is 1. The van der Waals surface area contributed by atoms with E-state index in [0.717, 1.165) is 4.31 Å². The molecule has 0 saturated heterocycles. The minimum absolute atomic E-state index is 0.0395. The van der Waals surface area contributed by atoms with E-state index >= 15 is 0 Å². The van der Waals surface area contributed by atoms with Crippen molar-refractivity contribution < 1.29 is 22.7 Å². The third-order valence-corrected chi connectivity index (χ3v) is 6.69. The number of rotatable bonds is 8. The first-order valence-corrected chi connectivity index (χ1v) is 11.0. The molecule has 0 bridgehead atoms. The maximum absolute atomic E-state index is 13.4. The molecule has 0 aliphatic carbocycles. The Bertz CT molecular complexity index is 992. The van der Waals surface area contributed by atoms with E-state index in [2.05, 4.69) is 0 Å². The van der Waals surface area contributed by atoms with E-state index in [0.29, 0.717) is 28.5 Å². The Morgan fingerprint density at radius 1 is 1.14 bits per heavy atom. The Labute approximate surface area is 175 Å². The molecule has 2 aromatic rings. The number of carbonyl (C=O) groups is 1. The standard InChI is InChI=1S/C20H23ClN2O5S/c1-13(2)9-17(20(22)24)23(29(25,26)16-6-4-15(21)5-7-16)11-14-3-8-18-19(10-14)28-12-27-18/h3-8,10,13,17H,9,11-12H2,1-2H3,(H2,22,24)/t17-/m1/s1. The van der Waals surface area contributed by atoms with E-state index in [1.54, 1.807) is 18.2 Å². The second-order valence-corrected chi connectivity index (χ2v) is 9.57. The molecule has 0 aromatic heterocycles. The van der Waals surface area contributed by atoms with Gasteiger partial charge < -0.3 is 15.2 Å². The average Bonchev–Trinajstić information content (AvgIpc) is 3.12. The number of primary amides is 1. The summed E-state index contributed by atoms with van der Waals surface area (Å²) in [5, 5.41) is 0.417. The van der Waals surface area contributed by atoms with Gasteiger partial charge in [-0.2, -0.15) is 4.31 Å². The predicted octanol–water partition coefficient (Wildman–Crippen LogP) is 3.16. The lowest BCUT2D eigenvalue weighted by Crippen LogP contribution is -2.48. The first-order chi connectivity index (χ1) is 13.7. The molecule has 0 unspecified atom stereocenters. The van der Waals surface area contributed by atoms with E-state index < -0.39 is 22.0 Å². The van der Waals surface area contributed by atoms with E-state index in [1.165, 1.54) is 24.3 Å². The number of nitrogens with two attached hydrogens (primary N) is 1. The molecule has 0 radical (unpaired) electrons. The Kier molecular flexibility index (Phi) is 6.36. The molecule has 0 spiro atoms. The maximum atomic E-state index is 13.4. The summed E-state index contributed by atoms with van der Waals surface area (Å²) in [5.74, 6) is 0.490. The molecule has 1 aliphatic heterocycles. The van der Waals surface area contributed by atoms with E-state index in [-0.39, 0.29) is 24.2 Å². The highest BCUT2D eigenvalue weighted by Gasteiger charge is 2.35. The average molecular weight is 439 g/mol. The highest BCUT2D eigenvalue weighted by molar-refractivity contribution is 7.89. The molecular formula is C20H23ClN2O5S. The molecule has 156 valence electrons. The number of nitrogens with zero attached hydrogens (tertiary/aromatic N) is 1. The van der Waals surface area contributed by atoms with Crippen LogP contribution in [0.2, 0.25) is 5.02 Å². The first-order valence-electron chi connectivity index (χ1n) is 9.13. The van der Waals surface area contributed by atoms with Crippen LogP contribution >= 0.6 is 11.6 Å². The Balaban J connectivity index is 2.03. The minimum Gasteiger partial charge on any atom is -0.454 e. The highest BCUT2D eigenvalue weighted by Crippen LogP contribution is 2.34. The summed E-state index contributed by atoms with van der Waals surface area (Å²) >= 11 is 5.90. The number of carbonyl (C=O) groups excluding carboxylic acids is 1. The second-order valence-electron chi connectivity index (χ2n) is 7.24. The summed E-state index contributed by atoms with van der Waals surface area (Å²) in [6.45, 7) is 3.89. The third kappa shape index (κ3) is 4.83. The molecule has 0 fully saturated rings. The number of ether oxygens (including phenoxy) is 2. The topological polar surface area (TPSA) is 98.9 Å². The van der Waals surface area contributed by atoms with E-state index in [9.17, 15) is 13.2 Å². The van der Waals surface area contributed by atoms with Crippen molar-refractivity contribution in [1.29, 1.82) is 0 Å². The van der Waals surface area contributed by atoms with Gasteiger partial charge in [-0.15, -0.1) is 0 Å². The van der Waals surface area contributed by atoms with Crippen LogP contribution in [-0.4, -0.2) is 31.5 Å². The smallest absolute Gasteiger partial charge is 0.244 e. The lowest BCUT2D eigenvalue weighted by atomic mass is 10.0. The summed E-state index contributed by atoms with van der Waals surface area (Å²) in [5.41, 5.74) is 6.27. The van der Waals surface area contributed by atoms with Gasteiger partial charge in [-0.25, -0.2) is 8.42 Å². The number of halogens is 1. The second kappa shape index (κ2) is 8.61. The fraction of sp³-hybridized carbons (Fsp3) is 0.350. The van der Waals surface area contributed by atoms with Crippen LogP contribution in [0.1, 0.15) is 25.8 Å². The van der Waals surface area contributed by atoms with Crippen LogP contribution in [0.5, 0.6) is 11.5 Å². The lowest BCUT2D eigenvalue weighted by molar-refractivity contribution is -0.122.